The Morgan fingerprint density at radius 3 is 2.68 bits per heavy atom. The van der Waals surface area contributed by atoms with Crippen LogP contribution in [0.1, 0.15) is 51.9 Å². The van der Waals surface area contributed by atoms with Crippen molar-refractivity contribution in [1.82, 2.24) is 4.90 Å². The zero-order chi connectivity index (χ0) is 18.1. The van der Waals surface area contributed by atoms with Gasteiger partial charge in [-0.2, -0.15) is 0 Å². The monoisotopic (exact) mass is 348 g/mol. The van der Waals surface area contributed by atoms with E-state index in [-0.39, 0.29) is 12.1 Å². The first kappa shape index (κ1) is 19.1. The van der Waals surface area contributed by atoms with Crippen LogP contribution in [0.5, 0.6) is 5.75 Å². The number of amides is 2. The van der Waals surface area contributed by atoms with E-state index in [1.165, 1.54) is 26.4 Å². The highest BCUT2D eigenvalue weighted by Crippen LogP contribution is 2.25. The first-order valence-corrected chi connectivity index (χ1v) is 9.07. The minimum Gasteiger partial charge on any atom is -0.453 e. The quantitative estimate of drug-likeness (QED) is 0.802. The summed E-state index contributed by atoms with van der Waals surface area (Å²) < 4.78 is 10.1. The standard InChI is InChI=1S/C19H28N2O4/c1-3-4-13-21(16-10-6-5-7-11-16)19(23)25-17-12-8-9-15(14-17)20-18(22)24-2/h8-9,12,14,16H,3-7,10-11,13H2,1-2H3,(H,20,22). The summed E-state index contributed by atoms with van der Waals surface area (Å²) in [6, 6.07) is 7.03. The molecule has 0 aliphatic heterocycles. The molecule has 1 aliphatic rings. The first-order valence-electron chi connectivity index (χ1n) is 9.07. The van der Waals surface area contributed by atoms with Gasteiger partial charge in [0, 0.05) is 24.3 Å². The summed E-state index contributed by atoms with van der Waals surface area (Å²) in [6.45, 7) is 2.84. The number of hydrogen-bond donors (Lipinski definition) is 1. The van der Waals surface area contributed by atoms with E-state index in [2.05, 4.69) is 17.0 Å². The molecule has 0 radical (unpaired) electrons. The van der Waals surface area contributed by atoms with E-state index >= 15 is 0 Å². The highest BCUT2D eigenvalue weighted by molar-refractivity contribution is 5.84. The van der Waals surface area contributed by atoms with Crippen molar-refractivity contribution >= 4 is 17.9 Å². The van der Waals surface area contributed by atoms with E-state index in [9.17, 15) is 9.59 Å². The van der Waals surface area contributed by atoms with Crippen LogP contribution in [0, 0.1) is 0 Å². The van der Waals surface area contributed by atoms with Gasteiger partial charge in [0.2, 0.25) is 0 Å². The summed E-state index contributed by atoms with van der Waals surface area (Å²) in [7, 11) is 1.30. The van der Waals surface area contributed by atoms with Crippen LogP contribution in [0.25, 0.3) is 0 Å². The number of anilines is 1. The normalized spacial score (nSPS) is 14.6. The van der Waals surface area contributed by atoms with Gasteiger partial charge in [0.1, 0.15) is 5.75 Å². The molecule has 0 atom stereocenters. The lowest BCUT2D eigenvalue weighted by Crippen LogP contribution is -2.43. The molecular weight excluding hydrogens is 320 g/mol. The third kappa shape index (κ3) is 5.96. The Morgan fingerprint density at radius 2 is 2.00 bits per heavy atom. The van der Waals surface area contributed by atoms with E-state index in [0.717, 1.165) is 32.2 Å². The molecule has 1 aliphatic carbocycles. The lowest BCUT2D eigenvalue weighted by Gasteiger charge is -2.33. The van der Waals surface area contributed by atoms with Gasteiger partial charge in [-0.25, -0.2) is 9.59 Å². The zero-order valence-corrected chi connectivity index (χ0v) is 15.1. The number of rotatable bonds is 6. The molecule has 0 spiro atoms. The van der Waals surface area contributed by atoms with Crippen LogP contribution in [0.4, 0.5) is 15.3 Å². The Labute approximate surface area is 149 Å². The predicted octanol–water partition coefficient (Wildman–Crippen LogP) is 4.80. The molecule has 2 rings (SSSR count). The topological polar surface area (TPSA) is 67.9 Å². The number of benzene rings is 1. The fraction of sp³-hybridized carbons (Fsp3) is 0.579. The van der Waals surface area contributed by atoms with Crippen LogP contribution >= 0.6 is 0 Å². The molecule has 0 bridgehead atoms. The molecular formula is C19H28N2O4. The average molecular weight is 348 g/mol. The lowest BCUT2D eigenvalue weighted by molar-refractivity contribution is 0.116. The van der Waals surface area contributed by atoms with Crippen LogP contribution in [0.2, 0.25) is 0 Å². The van der Waals surface area contributed by atoms with Gasteiger partial charge in [0.05, 0.1) is 7.11 Å². The largest absolute Gasteiger partial charge is 0.453 e. The van der Waals surface area contributed by atoms with Gasteiger partial charge in [-0.15, -0.1) is 0 Å². The number of carbonyl (C=O) groups is 2. The number of carbonyl (C=O) groups excluding carboxylic acids is 2. The van der Waals surface area contributed by atoms with Gasteiger partial charge in [0.25, 0.3) is 0 Å². The van der Waals surface area contributed by atoms with Crippen LogP contribution in [0.3, 0.4) is 0 Å². The minimum absolute atomic E-state index is 0.268. The van der Waals surface area contributed by atoms with E-state index < -0.39 is 6.09 Å². The summed E-state index contributed by atoms with van der Waals surface area (Å²) >= 11 is 0. The Bertz CT molecular complexity index is 570. The van der Waals surface area contributed by atoms with E-state index in [4.69, 9.17) is 4.74 Å². The number of hydrogen-bond acceptors (Lipinski definition) is 4. The van der Waals surface area contributed by atoms with Gasteiger partial charge >= 0.3 is 12.2 Å². The molecule has 1 aromatic rings. The van der Waals surface area contributed by atoms with E-state index in [1.807, 2.05) is 4.90 Å². The molecule has 0 heterocycles. The Kier molecular flexibility index (Phi) is 7.57. The van der Waals surface area contributed by atoms with Gasteiger partial charge in [-0.3, -0.25) is 5.32 Å². The van der Waals surface area contributed by atoms with Crippen molar-refractivity contribution in [3.63, 3.8) is 0 Å². The summed E-state index contributed by atoms with van der Waals surface area (Å²) in [5, 5.41) is 2.57. The number of nitrogens with one attached hydrogen (secondary N) is 1. The second-order valence-electron chi connectivity index (χ2n) is 6.35. The van der Waals surface area contributed by atoms with Gasteiger partial charge in [-0.05, 0) is 31.4 Å². The molecule has 0 unspecified atom stereocenters. The second-order valence-corrected chi connectivity index (χ2v) is 6.35. The van der Waals surface area contributed by atoms with E-state index in [0.29, 0.717) is 11.4 Å². The van der Waals surface area contributed by atoms with Crippen LogP contribution in [0.15, 0.2) is 24.3 Å². The molecule has 25 heavy (non-hydrogen) atoms. The van der Waals surface area contributed by atoms with Gasteiger partial charge < -0.3 is 14.4 Å². The highest BCUT2D eigenvalue weighted by Gasteiger charge is 2.26. The first-order chi connectivity index (χ1) is 12.1. The molecule has 0 saturated heterocycles. The van der Waals surface area contributed by atoms with Crippen molar-refractivity contribution in [3.05, 3.63) is 24.3 Å². The van der Waals surface area contributed by atoms with Crippen molar-refractivity contribution in [1.29, 1.82) is 0 Å². The summed E-state index contributed by atoms with van der Waals surface area (Å²) in [6.07, 6.45) is 6.80. The molecule has 1 N–H and O–H groups in total. The summed E-state index contributed by atoms with van der Waals surface area (Å²) in [5.41, 5.74) is 0.523. The number of methoxy groups -OCH3 is 1. The fourth-order valence-electron chi connectivity index (χ4n) is 3.11. The van der Waals surface area contributed by atoms with Crippen molar-refractivity contribution in [2.24, 2.45) is 0 Å². The summed E-state index contributed by atoms with van der Waals surface area (Å²) in [5.74, 6) is 0.413. The van der Waals surface area contributed by atoms with Crippen molar-refractivity contribution < 1.29 is 19.1 Å². The van der Waals surface area contributed by atoms with E-state index in [1.54, 1.807) is 24.3 Å². The van der Waals surface area contributed by atoms with Crippen molar-refractivity contribution in [2.75, 3.05) is 19.0 Å². The molecule has 6 heteroatoms. The smallest absolute Gasteiger partial charge is 0.415 e. The number of nitrogens with zero attached hydrogens (tertiary/aromatic N) is 1. The van der Waals surface area contributed by atoms with Crippen molar-refractivity contribution in [3.8, 4) is 5.75 Å². The molecule has 1 fully saturated rings. The molecule has 6 nitrogen and oxygen atoms in total. The Hall–Kier alpha value is -2.24. The second kappa shape index (κ2) is 9.91. The maximum atomic E-state index is 12.7. The van der Waals surface area contributed by atoms with Crippen LogP contribution in [-0.4, -0.2) is 36.8 Å². The highest BCUT2D eigenvalue weighted by atomic mass is 16.6. The molecule has 2 amide bonds. The van der Waals surface area contributed by atoms with Gasteiger partial charge in [-0.1, -0.05) is 38.7 Å². The van der Waals surface area contributed by atoms with Crippen LogP contribution in [-0.2, 0) is 4.74 Å². The third-order valence-electron chi connectivity index (χ3n) is 4.47. The summed E-state index contributed by atoms with van der Waals surface area (Å²) in [4.78, 5) is 25.9. The maximum Gasteiger partial charge on any atom is 0.415 e. The van der Waals surface area contributed by atoms with Crippen LogP contribution < -0.4 is 10.1 Å². The molecule has 1 aromatic carbocycles. The predicted molar refractivity (Wildman–Crippen MR) is 97.0 cm³/mol. The Balaban J connectivity index is 2.03. The molecule has 0 aromatic heterocycles. The molecule has 138 valence electrons. The van der Waals surface area contributed by atoms with Gasteiger partial charge in [0.15, 0.2) is 0 Å². The molecule has 1 saturated carbocycles. The average Bonchev–Trinajstić information content (AvgIpc) is 2.63. The maximum absolute atomic E-state index is 12.7. The third-order valence-corrected chi connectivity index (χ3v) is 4.47. The van der Waals surface area contributed by atoms with Crippen molar-refractivity contribution in [2.45, 2.75) is 57.9 Å². The number of unbranched alkanes of at least 4 members (excludes halogenated alkanes) is 1. The Morgan fingerprint density at radius 1 is 1.24 bits per heavy atom. The fourth-order valence-corrected chi connectivity index (χ4v) is 3.11. The number of ether oxygens (including phenoxy) is 2. The zero-order valence-electron chi connectivity index (χ0n) is 15.1. The minimum atomic E-state index is -0.560. The lowest BCUT2D eigenvalue weighted by atomic mass is 9.94. The SMILES string of the molecule is CCCCN(C(=O)Oc1cccc(NC(=O)OC)c1)C1CCCCC1.